The number of halogens is 3. The van der Waals surface area contributed by atoms with Crippen LogP contribution >= 0.6 is 0 Å². The van der Waals surface area contributed by atoms with E-state index in [0.29, 0.717) is 18.3 Å². The number of nitrogens with one attached hydrogen (secondary N) is 3. The van der Waals surface area contributed by atoms with Crippen LogP contribution in [0.15, 0.2) is 30.5 Å². The summed E-state index contributed by atoms with van der Waals surface area (Å²) in [5.74, 6) is 0.0133. The van der Waals surface area contributed by atoms with Gasteiger partial charge >= 0.3 is 6.61 Å². The summed E-state index contributed by atoms with van der Waals surface area (Å²) in [6.45, 7) is 0.872. The maximum Gasteiger partial charge on any atom is 0.345 e. The Kier molecular flexibility index (Phi) is 9.67. The Morgan fingerprint density at radius 2 is 1.86 bits per heavy atom. The van der Waals surface area contributed by atoms with E-state index in [1.54, 1.807) is 26.0 Å². The molecule has 0 bridgehead atoms. The lowest BCUT2D eigenvalue weighted by Gasteiger charge is -2.26. The third-order valence-corrected chi connectivity index (χ3v) is 5.97. The minimum Gasteiger partial charge on any atom is -0.393 e. The molecule has 11 heteroatoms. The first-order valence-electron chi connectivity index (χ1n) is 11.7. The van der Waals surface area contributed by atoms with Crippen LogP contribution in [0.5, 0.6) is 0 Å². The topological polar surface area (TPSA) is 108 Å². The highest BCUT2D eigenvalue weighted by molar-refractivity contribution is 5.98. The van der Waals surface area contributed by atoms with Gasteiger partial charge in [-0.25, -0.2) is 9.37 Å². The normalized spacial score (nSPS) is 19.7. The monoisotopic (exact) mass is 495 g/mol. The molecule has 35 heavy (non-hydrogen) atoms. The number of amides is 1. The molecule has 2 aromatic rings. The van der Waals surface area contributed by atoms with Crippen molar-refractivity contribution in [2.24, 2.45) is 5.92 Å². The lowest BCUT2D eigenvalue weighted by molar-refractivity contribution is -0.130. The van der Waals surface area contributed by atoms with Crippen molar-refractivity contribution in [1.29, 1.82) is 0 Å². The zero-order valence-corrected chi connectivity index (χ0v) is 19.8. The first-order valence-corrected chi connectivity index (χ1v) is 11.7. The van der Waals surface area contributed by atoms with E-state index in [4.69, 9.17) is 0 Å². The molecule has 192 valence electrons. The molecule has 0 aliphatic heterocycles. The third kappa shape index (κ3) is 8.36. The van der Waals surface area contributed by atoms with E-state index < -0.39 is 18.6 Å². The standard InChI is InChI=1S/C24H32F3N5O3/c1-14(13-35-23(26)27)30-24-29-12-20(21(32-24)28-11-16-3-9-19(33)10-4-16)22(34)31-15(2)17-5-7-18(25)8-6-17/h5-8,12,14-16,19,23,33H,3-4,9-11,13H2,1-2H3,(H,31,34)(H2,28,29,30,32)/t14-,15+,16?,19?/m0/s1. The average molecular weight is 496 g/mol. The summed E-state index contributed by atoms with van der Waals surface area (Å²) in [4.78, 5) is 21.6. The average Bonchev–Trinajstić information content (AvgIpc) is 2.83. The molecule has 0 unspecified atom stereocenters. The van der Waals surface area contributed by atoms with Gasteiger partial charge in [-0.3, -0.25) is 4.79 Å². The van der Waals surface area contributed by atoms with Gasteiger partial charge in [0.25, 0.3) is 5.91 Å². The van der Waals surface area contributed by atoms with Crippen molar-refractivity contribution in [3.63, 3.8) is 0 Å². The smallest absolute Gasteiger partial charge is 0.345 e. The van der Waals surface area contributed by atoms with Crippen LogP contribution in [0.4, 0.5) is 24.9 Å². The van der Waals surface area contributed by atoms with Gasteiger partial charge in [0.15, 0.2) is 0 Å². The fourth-order valence-corrected chi connectivity index (χ4v) is 3.93. The Morgan fingerprint density at radius 1 is 1.17 bits per heavy atom. The largest absolute Gasteiger partial charge is 0.393 e. The summed E-state index contributed by atoms with van der Waals surface area (Å²) in [6, 6.07) is 4.98. The SMILES string of the molecule is C[C@@H](COC(F)F)Nc1ncc(C(=O)N[C@H](C)c2ccc(F)cc2)c(NCC2CCC(O)CC2)n1. The molecule has 1 aliphatic rings. The van der Waals surface area contributed by atoms with Crippen molar-refractivity contribution in [3.05, 3.63) is 47.4 Å². The molecular weight excluding hydrogens is 463 g/mol. The van der Waals surface area contributed by atoms with E-state index in [2.05, 4.69) is 30.7 Å². The number of aromatic nitrogens is 2. The molecule has 0 spiro atoms. The Morgan fingerprint density at radius 3 is 2.51 bits per heavy atom. The fraction of sp³-hybridized carbons (Fsp3) is 0.542. The molecule has 1 saturated carbocycles. The maximum atomic E-state index is 13.2. The predicted molar refractivity (Wildman–Crippen MR) is 126 cm³/mol. The summed E-state index contributed by atoms with van der Waals surface area (Å²) in [5.41, 5.74) is 0.957. The van der Waals surface area contributed by atoms with Crippen molar-refractivity contribution in [2.75, 3.05) is 23.8 Å². The molecule has 1 aromatic carbocycles. The zero-order chi connectivity index (χ0) is 25.4. The Labute approximate surface area is 202 Å². The molecule has 1 aromatic heterocycles. The number of nitrogens with zero attached hydrogens (tertiary/aromatic N) is 2. The van der Waals surface area contributed by atoms with Gasteiger partial charge in [0.2, 0.25) is 5.95 Å². The number of alkyl halides is 2. The number of anilines is 2. The summed E-state index contributed by atoms with van der Waals surface area (Å²) in [7, 11) is 0. The molecule has 1 heterocycles. The molecule has 1 amide bonds. The number of carbonyl (C=O) groups is 1. The van der Waals surface area contributed by atoms with Gasteiger partial charge in [0.05, 0.1) is 18.8 Å². The van der Waals surface area contributed by atoms with Crippen LogP contribution in [0.3, 0.4) is 0 Å². The van der Waals surface area contributed by atoms with Crippen molar-refractivity contribution < 1.29 is 27.8 Å². The molecule has 1 aliphatic carbocycles. The molecule has 4 N–H and O–H groups in total. The number of aliphatic hydroxyl groups excluding tert-OH is 1. The van der Waals surface area contributed by atoms with Crippen LogP contribution in [-0.2, 0) is 4.74 Å². The minimum atomic E-state index is -2.87. The molecule has 8 nitrogen and oxygen atoms in total. The van der Waals surface area contributed by atoms with Gasteiger partial charge in [0.1, 0.15) is 17.2 Å². The molecular formula is C24H32F3N5O3. The van der Waals surface area contributed by atoms with Gasteiger partial charge in [-0.1, -0.05) is 12.1 Å². The van der Waals surface area contributed by atoms with Crippen LogP contribution in [0.2, 0.25) is 0 Å². The minimum absolute atomic E-state index is 0.167. The van der Waals surface area contributed by atoms with E-state index in [1.807, 2.05) is 0 Å². The second-order valence-electron chi connectivity index (χ2n) is 8.90. The first-order chi connectivity index (χ1) is 16.7. The van der Waals surface area contributed by atoms with Gasteiger partial charge in [-0.05, 0) is 63.1 Å². The Balaban J connectivity index is 1.73. The van der Waals surface area contributed by atoms with E-state index in [1.165, 1.54) is 18.3 Å². The maximum absolute atomic E-state index is 13.2. The predicted octanol–water partition coefficient (Wildman–Crippen LogP) is 4.11. The summed E-state index contributed by atoms with van der Waals surface area (Å²) in [6.07, 6.45) is 4.27. The highest BCUT2D eigenvalue weighted by Gasteiger charge is 2.22. The van der Waals surface area contributed by atoms with Crippen LogP contribution in [-0.4, -0.2) is 52.9 Å². The second kappa shape index (κ2) is 12.7. The first kappa shape index (κ1) is 26.7. The third-order valence-electron chi connectivity index (χ3n) is 5.97. The fourth-order valence-electron chi connectivity index (χ4n) is 3.93. The van der Waals surface area contributed by atoms with E-state index in [-0.39, 0.29) is 36.1 Å². The lowest BCUT2D eigenvalue weighted by Crippen LogP contribution is -2.30. The van der Waals surface area contributed by atoms with E-state index >= 15 is 0 Å². The highest BCUT2D eigenvalue weighted by Crippen LogP contribution is 2.25. The number of hydrogen-bond acceptors (Lipinski definition) is 7. The summed E-state index contributed by atoms with van der Waals surface area (Å²) >= 11 is 0. The number of ether oxygens (including phenoxy) is 1. The summed E-state index contributed by atoms with van der Waals surface area (Å²) < 4.78 is 42.2. The quantitative estimate of drug-likeness (QED) is 0.372. The molecule has 1 fully saturated rings. The summed E-state index contributed by atoms with van der Waals surface area (Å²) in [5, 5.41) is 18.7. The van der Waals surface area contributed by atoms with Gasteiger partial charge in [-0.15, -0.1) is 0 Å². The van der Waals surface area contributed by atoms with Crippen LogP contribution in [0.25, 0.3) is 0 Å². The van der Waals surface area contributed by atoms with Crippen molar-refractivity contribution in [1.82, 2.24) is 15.3 Å². The van der Waals surface area contributed by atoms with Crippen LogP contribution in [0.1, 0.15) is 61.5 Å². The second-order valence-corrected chi connectivity index (χ2v) is 8.90. The van der Waals surface area contributed by atoms with Crippen LogP contribution in [0, 0.1) is 11.7 Å². The number of carbonyl (C=O) groups excluding carboxylic acids is 1. The number of rotatable bonds is 11. The Bertz CT molecular complexity index is 956. The lowest BCUT2D eigenvalue weighted by atomic mass is 9.87. The van der Waals surface area contributed by atoms with E-state index in [0.717, 1.165) is 31.2 Å². The van der Waals surface area contributed by atoms with E-state index in [9.17, 15) is 23.1 Å². The van der Waals surface area contributed by atoms with Crippen molar-refractivity contribution in [2.45, 2.75) is 64.3 Å². The van der Waals surface area contributed by atoms with Gasteiger partial charge < -0.3 is 25.8 Å². The van der Waals surface area contributed by atoms with Crippen molar-refractivity contribution in [3.8, 4) is 0 Å². The van der Waals surface area contributed by atoms with Crippen molar-refractivity contribution >= 4 is 17.7 Å². The number of benzene rings is 1. The van der Waals surface area contributed by atoms with Crippen LogP contribution < -0.4 is 16.0 Å². The molecule has 0 radical (unpaired) electrons. The van der Waals surface area contributed by atoms with Gasteiger partial charge in [-0.2, -0.15) is 13.8 Å². The van der Waals surface area contributed by atoms with Gasteiger partial charge in [0, 0.05) is 18.8 Å². The number of hydrogen-bond donors (Lipinski definition) is 4. The zero-order valence-electron chi connectivity index (χ0n) is 19.8. The Hall–Kier alpha value is -2.92. The molecule has 3 rings (SSSR count). The molecule has 2 atom stereocenters. The molecule has 0 saturated heterocycles. The number of aliphatic hydroxyl groups is 1. The highest BCUT2D eigenvalue weighted by atomic mass is 19.3.